The highest BCUT2D eigenvalue weighted by Gasteiger charge is 2.18. The van der Waals surface area contributed by atoms with Gasteiger partial charge in [0.2, 0.25) is 0 Å². The van der Waals surface area contributed by atoms with Gasteiger partial charge in [-0.1, -0.05) is 13.0 Å². The first-order valence-corrected chi connectivity index (χ1v) is 6.95. The van der Waals surface area contributed by atoms with Crippen molar-refractivity contribution in [1.29, 1.82) is 0 Å². The fourth-order valence-corrected chi connectivity index (χ4v) is 1.96. The Labute approximate surface area is 119 Å². The van der Waals surface area contributed by atoms with Crippen molar-refractivity contribution in [2.45, 2.75) is 26.3 Å². The maximum absolute atomic E-state index is 13.2. The van der Waals surface area contributed by atoms with E-state index in [4.69, 9.17) is 4.74 Å². The van der Waals surface area contributed by atoms with Crippen molar-refractivity contribution < 1.29 is 13.9 Å². The Balaban J connectivity index is 2.56. The molecule has 0 radical (unpaired) electrons. The predicted octanol–water partition coefficient (Wildman–Crippen LogP) is 2.19. The Kier molecular flexibility index (Phi) is 7.01. The number of carbonyl (C=O) groups is 1. The number of esters is 1. The second-order valence-electron chi connectivity index (χ2n) is 4.55. The van der Waals surface area contributed by atoms with E-state index in [0.717, 1.165) is 5.69 Å². The molecule has 5 heteroatoms. The van der Waals surface area contributed by atoms with Crippen molar-refractivity contribution in [1.82, 2.24) is 5.32 Å². The molecular weight excluding hydrogens is 259 g/mol. The van der Waals surface area contributed by atoms with Crippen LogP contribution in [0.3, 0.4) is 0 Å². The van der Waals surface area contributed by atoms with E-state index in [1.165, 1.54) is 12.1 Å². The lowest BCUT2D eigenvalue weighted by Gasteiger charge is -2.23. The van der Waals surface area contributed by atoms with Crippen molar-refractivity contribution in [3.8, 4) is 0 Å². The second kappa shape index (κ2) is 8.53. The Bertz CT molecular complexity index is 426. The quantitative estimate of drug-likeness (QED) is 0.742. The molecule has 0 heterocycles. The Morgan fingerprint density at radius 1 is 1.45 bits per heavy atom. The number of likely N-dealkylation sites (N-methyl/N-ethyl adjacent to an activating group) is 1. The summed E-state index contributed by atoms with van der Waals surface area (Å²) in [4.78, 5) is 13.7. The molecule has 0 spiro atoms. The SMILES string of the molecule is CCNC(CCN(C)c1cccc(F)c1)C(=O)OCC. The number of ether oxygens (including phenoxy) is 1. The monoisotopic (exact) mass is 282 g/mol. The molecule has 0 aliphatic heterocycles. The van der Waals surface area contributed by atoms with Crippen molar-refractivity contribution >= 4 is 11.7 Å². The molecule has 0 saturated carbocycles. The minimum Gasteiger partial charge on any atom is -0.465 e. The molecule has 112 valence electrons. The van der Waals surface area contributed by atoms with Crippen LogP contribution < -0.4 is 10.2 Å². The van der Waals surface area contributed by atoms with E-state index in [1.54, 1.807) is 13.0 Å². The third-order valence-electron chi connectivity index (χ3n) is 3.02. The lowest BCUT2D eigenvalue weighted by atomic mass is 10.2. The largest absolute Gasteiger partial charge is 0.465 e. The molecule has 0 aliphatic carbocycles. The number of halogens is 1. The summed E-state index contributed by atoms with van der Waals surface area (Å²) >= 11 is 0. The molecule has 20 heavy (non-hydrogen) atoms. The number of nitrogens with one attached hydrogen (secondary N) is 1. The van der Waals surface area contributed by atoms with Crippen LogP contribution in [0.25, 0.3) is 0 Å². The Morgan fingerprint density at radius 2 is 2.20 bits per heavy atom. The number of anilines is 1. The summed E-state index contributed by atoms with van der Waals surface area (Å²) in [6, 6.07) is 6.09. The molecule has 0 aromatic heterocycles. The van der Waals surface area contributed by atoms with E-state index < -0.39 is 0 Å². The summed E-state index contributed by atoms with van der Waals surface area (Å²) in [6.45, 7) is 5.45. The first-order chi connectivity index (χ1) is 9.58. The predicted molar refractivity (Wildman–Crippen MR) is 78.4 cm³/mol. The van der Waals surface area contributed by atoms with Gasteiger partial charge in [-0.2, -0.15) is 0 Å². The van der Waals surface area contributed by atoms with Gasteiger partial charge in [0, 0.05) is 19.3 Å². The van der Waals surface area contributed by atoms with Crippen LogP contribution in [0.5, 0.6) is 0 Å². The van der Waals surface area contributed by atoms with Crippen LogP contribution in [0.15, 0.2) is 24.3 Å². The molecule has 1 unspecified atom stereocenters. The fraction of sp³-hybridized carbons (Fsp3) is 0.533. The molecular formula is C15H23FN2O2. The number of rotatable bonds is 8. The van der Waals surface area contributed by atoms with Gasteiger partial charge in [0.05, 0.1) is 6.61 Å². The van der Waals surface area contributed by atoms with Gasteiger partial charge in [-0.05, 0) is 38.1 Å². The van der Waals surface area contributed by atoms with Crippen LogP contribution in [-0.4, -0.2) is 38.8 Å². The van der Waals surface area contributed by atoms with Gasteiger partial charge in [0.25, 0.3) is 0 Å². The lowest BCUT2D eigenvalue weighted by Crippen LogP contribution is -2.40. The van der Waals surface area contributed by atoms with E-state index in [2.05, 4.69) is 5.32 Å². The highest BCUT2D eigenvalue weighted by Crippen LogP contribution is 2.14. The molecule has 1 N–H and O–H groups in total. The molecule has 1 rings (SSSR count). The molecule has 1 aromatic carbocycles. The summed E-state index contributed by atoms with van der Waals surface area (Å²) in [5.41, 5.74) is 0.795. The van der Waals surface area contributed by atoms with Crippen molar-refractivity contribution in [3.63, 3.8) is 0 Å². The minimum atomic E-state index is -0.323. The number of benzene rings is 1. The van der Waals surface area contributed by atoms with Gasteiger partial charge in [-0.25, -0.2) is 4.39 Å². The number of carbonyl (C=O) groups excluding carboxylic acids is 1. The van der Waals surface area contributed by atoms with Gasteiger partial charge >= 0.3 is 5.97 Å². The lowest BCUT2D eigenvalue weighted by molar-refractivity contribution is -0.145. The summed E-state index contributed by atoms with van der Waals surface area (Å²) in [6.07, 6.45) is 0.611. The molecule has 0 fully saturated rings. The van der Waals surface area contributed by atoms with E-state index in [0.29, 0.717) is 26.1 Å². The smallest absolute Gasteiger partial charge is 0.323 e. The van der Waals surface area contributed by atoms with Crippen LogP contribution in [0.2, 0.25) is 0 Å². The second-order valence-corrected chi connectivity index (χ2v) is 4.55. The summed E-state index contributed by atoms with van der Waals surface area (Å²) in [5, 5.41) is 3.11. The van der Waals surface area contributed by atoms with Gasteiger partial charge in [-0.15, -0.1) is 0 Å². The highest BCUT2D eigenvalue weighted by atomic mass is 19.1. The van der Waals surface area contributed by atoms with Gasteiger partial charge in [0.1, 0.15) is 11.9 Å². The minimum absolute atomic E-state index is 0.234. The zero-order valence-electron chi connectivity index (χ0n) is 12.4. The van der Waals surface area contributed by atoms with E-state index in [9.17, 15) is 9.18 Å². The summed E-state index contributed by atoms with van der Waals surface area (Å²) in [7, 11) is 1.88. The van der Waals surface area contributed by atoms with Gasteiger partial charge in [0.15, 0.2) is 0 Å². The van der Waals surface area contributed by atoms with Crippen LogP contribution >= 0.6 is 0 Å². The Morgan fingerprint density at radius 3 is 2.80 bits per heavy atom. The normalized spacial score (nSPS) is 12.0. The van der Waals surface area contributed by atoms with Crippen molar-refractivity contribution in [3.05, 3.63) is 30.1 Å². The average Bonchev–Trinajstić information content (AvgIpc) is 2.43. The third-order valence-corrected chi connectivity index (χ3v) is 3.02. The Hall–Kier alpha value is -1.62. The number of hydrogen-bond donors (Lipinski definition) is 1. The van der Waals surface area contributed by atoms with E-state index in [1.807, 2.05) is 24.9 Å². The van der Waals surface area contributed by atoms with Gasteiger partial charge < -0.3 is 15.0 Å². The standard InChI is InChI=1S/C15H23FN2O2/c1-4-17-14(15(19)20-5-2)9-10-18(3)13-8-6-7-12(16)11-13/h6-8,11,14,17H,4-5,9-10H2,1-3H3. The van der Waals surface area contributed by atoms with Crippen LogP contribution in [-0.2, 0) is 9.53 Å². The highest BCUT2D eigenvalue weighted by molar-refractivity contribution is 5.75. The van der Waals surface area contributed by atoms with Crippen LogP contribution in [0.1, 0.15) is 20.3 Å². The van der Waals surface area contributed by atoms with Crippen LogP contribution in [0.4, 0.5) is 10.1 Å². The van der Waals surface area contributed by atoms with E-state index in [-0.39, 0.29) is 17.8 Å². The molecule has 1 atom stereocenters. The topological polar surface area (TPSA) is 41.6 Å². The van der Waals surface area contributed by atoms with Crippen molar-refractivity contribution in [2.75, 3.05) is 31.6 Å². The summed E-state index contributed by atoms with van der Waals surface area (Å²) in [5.74, 6) is -0.495. The third kappa shape index (κ3) is 5.17. The van der Waals surface area contributed by atoms with Crippen LogP contribution in [0, 0.1) is 5.82 Å². The molecule has 0 amide bonds. The molecule has 0 saturated heterocycles. The first-order valence-electron chi connectivity index (χ1n) is 6.95. The molecule has 0 aliphatic rings. The molecule has 1 aromatic rings. The number of hydrogen-bond acceptors (Lipinski definition) is 4. The van der Waals surface area contributed by atoms with Gasteiger partial charge in [-0.3, -0.25) is 4.79 Å². The average molecular weight is 282 g/mol. The maximum Gasteiger partial charge on any atom is 0.323 e. The van der Waals surface area contributed by atoms with Crippen molar-refractivity contribution in [2.24, 2.45) is 0 Å². The fourth-order valence-electron chi connectivity index (χ4n) is 1.96. The number of nitrogens with zero attached hydrogens (tertiary/aromatic N) is 1. The first kappa shape index (κ1) is 16.4. The molecule has 0 bridgehead atoms. The maximum atomic E-state index is 13.2. The van der Waals surface area contributed by atoms with E-state index >= 15 is 0 Å². The zero-order valence-corrected chi connectivity index (χ0v) is 12.4. The summed E-state index contributed by atoms with van der Waals surface area (Å²) < 4.78 is 18.2. The molecule has 4 nitrogen and oxygen atoms in total. The zero-order chi connectivity index (χ0) is 15.0.